The summed E-state index contributed by atoms with van der Waals surface area (Å²) in [5.41, 5.74) is -0.488. The van der Waals surface area contributed by atoms with E-state index in [1.807, 2.05) is 6.92 Å². The molecule has 1 spiro atoms. The van der Waals surface area contributed by atoms with Crippen molar-refractivity contribution in [1.29, 1.82) is 0 Å². The van der Waals surface area contributed by atoms with Crippen molar-refractivity contribution in [3.63, 3.8) is 0 Å². The van der Waals surface area contributed by atoms with Gasteiger partial charge >= 0.3 is 6.18 Å². The summed E-state index contributed by atoms with van der Waals surface area (Å²) in [6.07, 6.45) is 0.0820. The molecule has 1 aliphatic heterocycles. The van der Waals surface area contributed by atoms with Crippen molar-refractivity contribution in [1.82, 2.24) is 10.2 Å². The average molecular weight is 326 g/mol. The zero-order valence-corrected chi connectivity index (χ0v) is 13.1. The Morgan fingerprint density at radius 3 is 2.30 bits per heavy atom. The van der Waals surface area contributed by atoms with Crippen LogP contribution in [0.25, 0.3) is 0 Å². The molecule has 0 aromatic heterocycles. The predicted octanol–water partition coefficient (Wildman–Crippen LogP) is 3.86. The van der Waals surface area contributed by atoms with Crippen LogP contribution in [0.2, 0.25) is 0 Å². The van der Waals surface area contributed by atoms with Crippen LogP contribution in [0, 0.1) is 0 Å². The van der Waals surface area contributed by atoms with E-state index in [0.29, 0.717) is 12.1 Å². The van der Waals surface area contributed by atoms with Gasteiger partial charge in [-0.2, -0.15) is 13.2 Å². The van der Waals surface area contributed by atoms with E-state index in [1.54, 1.807) is 4.90 Å². The summed E-state index contributed by atoms with van der Waals surface area (Å²) in [6, 6.07) is 5.11. The van der Waals surface area contributed by atoms with Crippen LogP contribution >= 0.6 is 0 Å². The monoisotopic (exact) mass is 326 g/mol. The summed E-state index contributed by atoms with van der Waals surface area (Å²) in [5.74, 6) is 0.0876. The molecular weight excluding hydrogens is 305 g/mol. The van der Waals surface area contributed by atoms with E-state index in [0.717, 1.165) is 44.2 Å². The summed E-state index contributed by atoms with van der Waals surface area (Å²) >= 11 is 0. The second-order valence-electron chi connectivity index (χ2n) is 6.40. The smallest absolute Gasteiger partial charge is 0.322 e. The molecule has 1 aliphatic carbocycles. The van der Waals surface area contributed by atoms with E-state index in [-0.39, 0.29) is 12.1 Å². The van der Waals surface area contributed by atoms with Crippen LogP contribution in [0.5, 0.6) is 0 Å². The topological polar surface area (TPSA) is 32.3 Å². The highest BCUT2D eigenvalue weighted by atomic mass is 19.4. The molecule has 23 heavy (non-hydrogen) atoms. The van der Waals surface area contributed by atoms with Gasteiger partial charge in [-0.3, -0.25) is 10.1 Å². The molecule has 6 heteroatoms. The SMILES string of the molecule is CCN1C(=O)C2(CCCCC2)NC1c1ccc(C(F)(F)F)cc1. The quantitative estimate of drug-likeness (QED) is 0.895. The highest BCUT2D eigenvalue weighted by Crippen LogP contribution is 2.40. The Kier molecular flexibility index (Phi) is 4.12. The largest absolute Gasteiger partial charge is 0.416 e. The molecule has 3 nitrogen and oxygen atoms in total. The zero-order valence-electron chi connectivity index (χ0n) is 13.1. The first-order valence-electron chi connectivity index (χ1n) is 8.13. The lowest BCUT2D eigenvalue weighted by Gasteiger charge is -2.31. The van der Waals surface area contributed by atoms with Crippen molar-refractivity contribution in [3.8, 4) is 0 Å². The summed E-state index contributed by atoms with van der Waals surface area (Å²) in [6.45, 7) is 2.44. The van der Waals surface area contributed by atoms with E-state index < -0.39 is 17.3 Å². The molecule has 1 N–H and O–H groups in total. The summed E-state index contributed by atoms with van der Waals surface area (Å²) in [4.78, 5) is 14.6. The molecule has 0 radical (unpaired) electrons. The Labute approximate surface area is 133 Å². The molecule has 1 aromatic rings. The highest BCUT2D eigenvalue weighted by Gasteiger charge is 2.51. The van der Waals surface area contributed by atoms with E-state index >= 15 is 0 Å². The van der Waals surface area contributed by atoms with E-state index in [2.05, 4.69) is 5.32 Å². The van der Waals surface area contributed by atoms with Crippen LogP contribution < -0.4 is 5.32 Å². The van der Waals surface area contributed by atoms with Crippen LogP contribution in [0.4, 0.5) is 13.2 Å². The van der Waals surface area contributed by atoms with Gasteiger partial charge in [-0.1, -0.05) is 31.4 Å². The number of carbonyl (C=O) groups is 1. The standard InChI is InChI=1S/C17H21F3N2O/c1-2-22-14(12-6-8-13(9-7-12)17(18,19)20)21-16(15(22)23)10-4-3-5-11-16/h6-9,14,21H,2-5,10-11H2,1H3. The Morgan fingerprint density at radius 2 is 1.78 bits per heavy atom. The molecule has 1 saturated heterocycles. The molecule has 1 saturated carbocycles. The number of likely N-dealkylation sites (N-methyl/N-ethyl adjacent to an activating group) is 1. The van der Waals surface area contributed by atoms with Gasteiger partial charge < -0.3 is 4.90 Å². The maximum Gasteiger partial charge on any atom is 0.416 e. The number of amides is 1. The summed E-state index contributed by atoms with van der Waals surface area (Å²) in [5, 5.41) is 3.43. The number of hydrogen-bond acceptors (Lipinski definition) is 2. The van der Waals surface area contributed by atoms with Gasteiger partial charge in [-0.05, 0) is 37.5 Å². The molecule has 0 bridgehead atoms. The molecule has 1 amide bonds. The lowest BCUT2D eigenvalue weighted by atomic mass is 9.81. The van der Waals surface area contributed by atoms with E-state index in [4.69, 9.17) is 0 Å². The second kappa shape index (κ2) is 5.82. The zero-order chi connectivity index (χ0) is 16.7. The Balaban J connectivity index is 1.88. The third kappa shape index (κ3) is 2.84. The lowest BCUT2D eigenvalue weighted by Crippen LogP contribution is -2.48. The highest BCUT2D eigenvalue weighted by molar-refractivity contribution is 5.89. The molecule has 2 aliphatic rings. The number of rotatable bonds is 2. The van der Waals surface area contributed by atoms with Gasteiger partial charge in [-0.15, -0.1) is 0 Å². The second-order valence-corrected chi connectivity index (χ2v) is 6.40. The molecular formula is C17H21F3N2O. The fourth-order valence-corrected chi connectivity index (χ4v) is 3.75. The van der Waals surface area contributed by atoms with Crippen LogP contribution in [-0.4, -0.2) is 22.9 Å². The first-order chi connectivity index (χ1) is 10.9. The molecule has 126 valence electrons. The molecule has 1 heterocycles. The van der Waals surface area contributed by atoms with Gasteiger partial charge in [-0.25, -0.2) is 0 Å². The number of benzene rings is 1. The van der Waals surface area contributed by atoms with Gasteiger partial charge in [0, 0.05) is 6.54 Å². The lowest BCUT2D eigenvalue weighted by molar-refractivity contribution is -0.137. The van der Waals surface area contributed by atoms with Crippen molar-refractivity contribution in [3.05, 3.63) is 35.4 Å². The Hall–Kier alpha value is -1.56. The number of alkyl halides is 3. The predicted molar refractivity (Wildman–Crippen MR) is 80.5 cm³/mol. The average Bonchev–Trinajstić information content (AvgIpc) is 2.80. The van der Waals surface area contributed by atoms with Gasteiger partial charge in [0.15, 0.2) is 0 Å². The third-order valence-corrected chi connectivity index (χ3v) is 5.00. The van der Waals surface area contributed by atoms with Crippen LogP contribution in [0.1, 0.15) is 56.3 Å². The number of hydrogen-bond donors (Lipinski definition) is 1. The molecule has 1 unspecified atom stereocenters. The van der Waals surface area contributed by atoms with E-state index in [9.17, 15) is 18.0 Å². The van der Waals surface area contributed by atoms with Gasteiger partial charge in [0.05, 0.1) is 11.1 Å². The van der Waals surface area contributed by atoms with E-state index in [1.165, 1.54) is 12.1 Å². The minimum atomic E-state index is -4.34. The minimum absolute atomic E-state index is 0.0876. The fourth-order valence-electron chi connectivity index (χ4n) is 3.75. The van der Waals surface area contributed by atoms with Crippen LogP contribution in [0.15, 0.2) is 24.3 Å². The van der Waals surface area contributed by atoms with Crippen molar-refractivity contribution < 1.29 is 18.0 Å². The molecule has 3 rings (SSSR count). The third-order valence-electron chi connectivity index (χ3n) is 5.00. The molecule has 1 aromatic carbocycles. The molecule has 1 atom stereocenters. The van der Waals surface area contributed by atoms with Crippen molar-refractivity contribution in [2.45, 2.75) is 56.9 Å². The van der Waals surface area contributed by atoms with Crippen molar-refractivity contribution >= 4 is 5.91 Å². The fraction of sp³-hybridized carbons (Fsp3) is 0.588. The maximum absolute atomic E-state index is 12.8. The number of nitrogens with zero attached hydrogens (tertiary/aromatic N) is 1. The first kappa shape index (κ1) is 16.3. The van der Waals surface area contributed by atoms with Crippen LogP contribution in [-0.2, 0) is 11.0 Å². The Bertz CT molecular complexity index is 576. The van der Waals surface area contributed by atoms with Gasteiger partial charge in [0.25, 0.3) is 0 Å². The Morgan fingerprint density at radius 1 is 1.17 bits per heavy atom. The summed E-state index contributed by atoms with van der Waals surface area (Å²) < 4.78 is 38.1. The maximum atomic E-state index is 12.8. The number of nitrogens with one attached hydrogen (secondary N) is 1. The normalized spacial score (nSPS) is 24.4. The molecule has 2 fully saturated rings. The summed E-state index contributed by atoms with van der Waals surface area (Å²) in [7, 11) is 0. The number of carbonyl (C=O) groups excluding carboxylic acids is 1. The van der Waals surface area contributed by atoms with Crippen molar-refractivity contribution in [2.24, 2.45) is 0 Å². The van der Waals surface area contributed by atoms with Gasteiger partial charge in [0.1, 0.15) is 6.17 Å². The van der Waals surface area contributed by atoms with Crippen molar-refractivity contribution in [2.75, 3.05) is 6.54 Å². The number of halogens is 3. The van der Waals surface area contributed by atoms with Crippen LogP contribution in [0.3, 0.4) is 0 Å². The van der Waals surface area contributed by atoms with Gasteiger partial charge in [0.2, 0.25) is 5.91 Å². The minimum Gasteiger partial charge on any atom is -0.322 e. The first-order valence-corrected chi connectivity index (χ1v) is 8.13.